The maximum atomic E-state index is 11.7. The van der Waals surface area contributed by atoms with E-state index in [0.717, 1.165) is 6.07 Å². The van der Waals surface area contributed by atoms with Gasteiger partial charge in [-0.2, -0.15) is 0 Å². The van der Waals surface area contributed by atoms with Gasteiger partial charge in [-0.25, -0.2) is 4.79 Å². The van der Waals surface area contributed by atoms with Gasteiger partial charge in [-0.05, 0) is 19.4 Å². The highest BCUT2D eigenvalue weighted by Gasteiger charge is 2.18. The minimum atomic E-state index is -0.655. The van der Waals surface area contributed by atoms with Crippen molar-refractivity contribution in [1.82, 2.24) is 0 Å². The minimum Gasteiger partial charge on any atom is -0.462 e. The lowest BCUT2D eigenvalue weighted by Gasteiger charge is -2.07. The Labute approximate surface area is 104 Å². The van der Waals surface area contributed by atoms with Crippen molar-refractivity contribution in [2.24, 2.45) is 0 Å². The third kappa shape index (κ3) is 3.38. The number of nitro groups is 1. The number of ether oxygens (including phenoxy) is 1. The largest absolute Gasteiger partial charge is 0.462 e. The number of Topliss-reactive ketones (excluding diaryl/α,β-unsaturated/α-hetero) is 1. The molecule has 0 heterocycles. The number of benzene rings is 1. The highest BCUT2D eigenvalue weighted by Crippen LogP contribution is 2.19. The van der Waals surface area contributed by atoms with Crippen LogP contribution in [0, 0.1) is 10.1 Å². The second kappa shape index (κ2) is 5.90. The molecule has 18 heavy (non-hydrogen) atoms. The molecule has 0 aliphatic carbocycles. The highest BCUT2D eigenvalue weighted by molar-refractivity contribution is 5.93. The lowest BCUT2D eigenvalue weighted by atomic mass is 10.0. The number of nitro benzene ring substituents is 1. The molecule has 0 unspecified atom stereocenters. The summed E-state index contributed by atoms with van der Waals surface area (Å²) in [5.41, 5.74) is 0.304. The second-order valence-electron chi connectivity index (χ2n) is 3.70. The first-order valence-electron chi connectivity index (χ1n) is 5.39. The zero-order valence-electron chi connectivity index (χ0n) is 10.1. The first-order chi connectivity index (χ1) is 8.45. The van der Waals surface area contributed by atoms with Gasteiger partial charge in [0.2, 0.25) is 0 Å². The van der Waals surface area contributed by atoms with Crippen LogP contribution in [-0.2, 0) is 16.0 Å². The van der Waals surface area contributed by atoms with Gasteiger partial charge in [-0.15, -0.1) is 0 Å². The maximum absolute atomic E-state index is 11.7. The molecule has 6 nitrogen and oxygen atoms in total. The Morgan fingerprint density at radius 1 is 1.39 bits per heavy atom. The number of carbonyl (C=O) groups is 2. The van der Waals surface area contributed by atoms with E-state index in [0.29, 0.717) is 5.56 Å². The Hall–Kier alpha value is -2.24. The fourth-order valence-corrected chi connectivity index (χ4v) is 1.50. The summed E-state index contributed by atoms with van der Waals surface area (Å²) in [7, 11) is 0. The number of nitrogens with zero attached hydrogens (tertiary/aromatic N) is 1. The fraction of sp³-hybridized carbons (Fsp3) is 0.333. The van der Waals surface area contributed by atoms with Crippen molar-refractivity contribution in [3.8, 4) is 0 Å². The molecular formula is C12H13NO5. The van der Waals surface area contributed by atoms with Crippen molar-refractivity contribution in [1.29, 1.82) is 0 Å². The number of non-ortho nitro benzene ring substituents is 1. The molecule has 0 radical (unpaired) electrons. The summed E-state index contributed by atoms with van der Waals surface area (Å²) in [5, 5.41) is 10.7. The Bertz CT molecular complexity index is 495. The molecule has 0 saturated heterocycles. The molecule has 0 aliphatic heterocycles. The molecule has 0 atom stereocenters. The summed E-state index contributed by atoms with van der Waals surface area (Å²) < 4.78 is 4.81. The Morgan fingerprint density at radius 3 is 2.56 bits per heavy atom. The molecule has 0 bridgehead atoms. The van der Waals surface area contributed by atoms with Gasteiger partial charge < -0.3 is 4.74 Å². The van der Waals surface area contributed by atoms with Crippen LogP contribution in [0.1, 0.15) is 29.8 Å². The normalized spacial score (nSPS) is 9.89. The summed E-state index contributed by atoms with van der Waals surface area (Å²) in [6.45, 7) is 3.19. The number of hydrogen-bond acceptors (Lipinski definition) is 5. The lowest BCUT2D eigenvalue weighted by Crippen LogP contribution is -2.11. The van der Waals surface area contributed by atoms with Crippen LogP contribution in [0.4, 0.5) is 5.69 Å². The standard InChI is InChI=1S/C12H13NO5/c1-3-18-12(15)11-7-10(13(16)17)5-4-9(11)6-8(2)14/h4-5,7H,3,6H2,1-2H3. The topological polar surface area (TPSA) is 86.5 Å². The molecule has 1 rings (SSSR count). The summed E-state index contributed by atoms with van der Waals surface area (Å²) in [5.74, 6) is -0.785. The maximum Gasteiger partial charge on any atom is 0.338 e. The van der Waals surface area contributed by atoms with E-state index >= 15 is 0 Å². The van der Waals surface area contributed by atoms with Crippen LogP contribution in [0.3, 0.4) is 0 Å². The van der Waals surface area contributed by atoms with Crippen molar-refractivity contribution >= 4 is 17.4 Å². The zero-order chi connectivity index (χ0) is 13.7. The highest BCUT2D eigenvalue weighted by atomic mass is 16.6. The van der Waals surface area contributed by atoms with E-state index in [4.69, 9.17) is 4.74 Å². The third-order valence-corrected chi connectivity index (χ3v) is 2.24. The van der Waals surface area contributed by atoms with Crippen molar-refractivity contribution in [2.75, 3.05) is 6.61 Å². The summed E-state index contributed by atoms with van der Waals surface area (Å²) in [6.07, 6.45) is 0.0478. The fourth-order valence-electron chi connectivity index (χ4n) is 1.50. The Morgan fingerprint density at radius 2 is 2.06 bits per heavy atom. The smallest absolute Gasteiger partial charge is 0.338 e. The molecule has 0 amide bonds. The molecular weight excluding hydrogens is 238 g/mol. The Balaban J connectivity index is 3.21. The molecule has 6 heteroatoms. The van der Waals surface area contributed by atoms with E-state index in [1.54, 1.807) is 6.92 Å². The van der Waals surface area contributed by atoms with Crippen LogP contribution in [0.25, 0.3) is 0 Å². The van der Waals surface area contributed by atoms with E-state index in [2.05, 4.69) is 0 Å². The number of carbonyl (C=O) groups excluding carboxylic acids is 2. The minimum absolute atomic E-state index is 0.0478. The van der Waals surface area contributed by atoms with Gasteiger partial charge in [-0.3, -0.25) is 14.9 Å². The quantitative estimate of drug-likeness (QED) is 0.453. The van der Waals surface area contributed by atoms with E-state index in [1.165, 1.54) is 19.1 Å². The molecule has 1 aromatic rings. The molecule has 0 spiro atoms. The lowest BCUT2D eigenvalue weighted by molar-refractivity contribution is -0.384. The third-order valence-electron chi connectivity index (χ3n) is 2.24. The van der Waals surface area contributed by atoms with Crippen LogP contribution in [-0.4, -0.2) is 23.3 Å². The molecule has 0 aliphatic rings. The van der Waals surface area contributed by atoms with E-state index in [9.17, 15) is 19.7 Å². The molecule has 0 aromatic heterocycles. The van der Waals surface area contributed by atoms with E-state index in [1.807, 2.05) is 0 Å². The Kier molecular flexibility index (Phi) is 4.53. The number of rotatable bonds is 5. The number of esters is 1. The van der Waals surface area contributed by atoms with Crippen LogP contribution in [0.5, 0.6) is 0 Å². The molecule has 0 fully saturated rings. The molecule has 0 N–H and O–H groups in total. The van der Waals surface area contributed by atoms with Gasteiger partial charge in [0.1, 0.15) is 5.78 Å². The average molecular weight is 251 g/mol. The van der Waals surface area contributed by atoms with Gasteiger partial charge >= 0.3 is 5.97 Å². The predicted molar refractivity (Wildman–Crippen MR) is 63.4 cm³/mol. The summed E-state index contributed by atoms with van der Waals surface area (Å²) >= 11 is 0. The summed E-state index contributed by atoms with van der Waals surface area (Å²) in [6, 6.07) is 3.81. The first kappa shape index (κ1) is 13.8. The van der Waals surface area contributed by atoms with Crippen molar-refractivity contribution in [3.63, 3.8) is 0 Å². The number of hydrogen-bond donors (Lipinski definition) is 0. The van der Waals surface area contributed by atoms with Gasteiger partial charge in [0.05, 0.1) is 17.1 Å². The number of ketones is 1. The van der Waals surface area contributed by atoms with E-state index < -0.39 is 10.9 Å². The molecule has 1 aromatic carbocycles. The predicted octanol–water partition coefficient (Wildman–Crippen LogP) is 1.90. The van der Waals surface area contributed by atoms with Gasteiger partial charge in [0.15, 0.2) is 0 Å². The van der Waals surface area contributed by atoms with Crippen molar-refractivity contribution < 1.29 is 19.2 Å². The average Bonchev–Trinajstić information content (AvgIpc) is 2.28. The molecule has 96 valence electrons. The van der Waals surface area contributed by atoms with E-state index in [-0.39, 0.29) is 30.1 Å². The van der Waals surface area contributed by atoms with Gasteiger partial charge in [-0.1, -0.05) is 6.07 Å². The van der Waals surface area contributed by atoms with Gasteiger partial charge in [0, 0.05) is 18.6 Å². The van der Waals surface area contributed by atoms with Crippen LogP contribution in [0.2, 0.25) is 0 Å². The van der Waals surface area contributed by atoms with Crippen molar-refractivity contribution in [2.45, 2.75) is 20.3 Å². The first-order valence-corrected chi connectivity index (χ1v) is 5.39. The molecule has 0 saturated carbocycles. The van der Waals surface area contributed by atoms with Crippen LogP contribution >= 0.6 is 0 Å². The second-order valence-corrected chi connectivity index (χ2v) is 3.70. The SMILES string of the molecule is CCOC(=O)c1cc([N+](=O)[O-])ccc1CC(C)=O. The van der Waals surface area contributed by atoms with Gasteiger partial charge in [0.25, 0.3) is 5.69 Å². The van der Waals surface area contributed by atoms with Crippen LogP contribution in [0.15, 0.2) is 18.2 Å². The zero-order valence-corrected chi connectivity index (χ0v) is 10.1. The monoisotopic (exact) mass is 251 g/mol. The van der Waals surface area contributed by atoms with Crippen molar-refractivity contribution in [3.05, 3.63) is 39.4 Å². The summed E-state index contributed by atoms with van der Waals surface area (Å²) in [4.78, 5) is 32.8. The van der Waals surface area contributed by atoms with Crippen LogP contribution < -0.4 is 0 Å².